The second-order valence-corrected chi connectivity index (χ2v) is 17.5. The zero-order valence-corrected chi connectivity index (χ0v) is 55.1. The minimum absolute atomic E-state index is 0. The molecule has 0 aliphatic heterocycles. The van der Waals surface area contributed by atoms with Crippen molar-refractivity contribution in [2.24, 2.45) is 0 Å². The number of carbonyl (C=O) groups excluding carboxylic acids is 1. The smallest absolute Gasteiger partial charge is 1.00 e. The maximum absolute atomic E-state index is 15.3. The zero-order chi connectivity index (χ0) is 52.6. The topological polar surface area (TPSA) is 177 Å². The van der Waals surface area contributed by atoms with Crippen molar-refractivity contribution in [3.63, 3.8) is 0 Å². The second kappa shape index (κ2) is 27.1. The molecule has 0 fully saturated rings. The van der Waals surface area contributed by atoms with E-state index in [1.807, 2.05) is 128 Å². The van der Waals surface area contributed by atoms with Gasteiger partial charge in [-0.05, 0) is 79.9 Å². The molecule has 14 heteroatoms. The predicted molar refractivity (Wildman–Crippen MR) is 297 cm³/mol. The zero-order valence-electron chi connectivity index (χ0n) is 43.6. The number of nitrogens with one attached hydrogen (secondary N) is 1. The average molecular weight is 1260 g/mol. The van der Waals surface area contributed by atoms with E-state index in [1.165, 1.54) is 12.1 Å². The van der Waals surface area contributed by atoms with Gasteiger partial charge in [0.15, 0.2) is 0 Å². The maximum Gasteiger partial charge on any atom is 1.00 e. The summed E-state index contributed by atoms with van der Waals surface area (Å²) < 4.78 is 15.3. The van der Waals surface area contributed by atoms with E-state index in [0.29, 0.717) is 16.8 Å². The third kappa shape index (κ3) is 12.5. The van der Waals surface area contributed by atoms with Crippen LogP contribution in [0.4, 0.5) is 21.5 Å². The second-order valence-electron chi connectivity index (χ2n) is 17.5. The molecule has 77 heavy (non-hydrogen) atoms. The van der Waals surface area contributed by atoms with Gasteiger partial charge in [-0.3, -0.25) is 25.0 Å². The van der Waals surface area contributed by atoms with Crippen molar-refractivity contribution in [3.8, 4) is 55.6 Å². The molecule has 0 bridgehead atoms. The molecule has 0 radical (unpaired) electrons. The van der Waals surface area contributed by atoms with E-state index in [-0.39, 0.29) is 162 Å². The van der Waals surface area contributed by atoms with Crippen LogP contribution >= 0.6 is 0 Å². The van der Waals surface area contributed by atoms with Gasteiger partial charge in [0.1, 0.15) is 5.52 Å². The Labute approximate surface area is 562 Å². The van der Waals surface area contributed by atoms with Gasteiger partial charge in [-0.1, -0.05) is 206 Å². The largest absolute Gasteiger partial charge is 1.00 e. The van der Waals surface area contributed by atoms with Crippen molar-refractivity contribution < 1.29 is 168 Å². The number of aromatic nitrogens is 1. The number of anilines is 1. The standard InChI is InChI=1S/C31H23FN2O2.C31H22N2O2.CH2O3.2Cs.H/c1-20-10-7-16-25(29(20)27-18-8-15-22(31(27)33)21-11-3-2-4-12-21)23-13-5-6-14-24(23)26-17-9-19-28(30(26)32)34(35)36;1-20-10-7-16-25-23-13-5-6-14-24(23)26-17-9-19-28(33(34)35)31(26)32-30-22(21-11-3-2-4-12-21)15-8-18-27(30)29(20)25;2-1-4-3;;;/h2-19H,33H2,1H3;2-19,32H,1H3;1,3H;;;/q;;;2*+1;-1/p-1. The number of aromatic amines is 1. The van der Waals surface area contributed by atoms with Crippen molar-refractivity contribution in [1.29, 1.82) is 0 Å². The van der Waals surface area contributed by atoms with E-state index in [0.717, 1.165) is 93.5 Å². The SMILES string of the molecule is Cc1cccc(-c2ccccc2-c2cccc([N+](=O)[O-])c2F)c1-c1cccc(-c2ccccc2)c1N.Cc1cccc2c3ccccc3c3cccc([N+](=O)[O-])c3[nH]c3c(-c4ccccc4)cccc3c12.O=CO[O-].[Cs+].[Cs+].[H-]. The fourth-order valence-corrected chi connectivity index (χ4v) is 9.85. The van der Waals surface area contributed by atoms with Crippen molar-refractivity contribution in [2.75, 3.05) is 5.73 Å². The van der Waals surface area contributed by atoms with Gasteiger partial charge in [0.2, 0.25) is 5.82 Å². The molecule has 0 aliphatic carbocycles. The molecule has 0 saturated heterocycles. The number of aryl methyl sites for hydroxylation is 2. The minimum atomic E-state index is -0.852. The van der Waals surface area contributed by atoms with Crippen LogP contribution < -0.4 is 149 Å². The summed E-state index contributed by atoms with van der Waals surface area (Å²) in [6, 6.07) is 69.6. The van der Waals surface area contributed by atoms with Crippen molar-refractivity contribution in [3.05, 3.63) is 256 Å². The van der Waals surface area contributed by atoms with Gasteiger partial charge in [-0.2, -0.15) is 4.39 Å². The Kier molecular flexibility index (Phi) is 20.7. The summed E-state index contributed by atoms with van der Waals surface area (Å²) in [5, 5.41) is 38.0. The Morgan fingerprint density at radius 3 is 1.53 bits per heavy atom. The first kappa shape index (κ1) is 58.7. The fourth-order valence-electron chi connectivity index (χ4n) is 9.85. The van der Waals surface area contributed by atoms with Crippen LogP contribution in [-0.2, 0) is 9.68 Å². The minimum Gasteiger partial charge on any atom is -1.00 e. The number of carbonyl (C=O) groups is 1. The number of fused-ring (bicyclic) bond motifs is 7. The summed E-state index contributed by atoms with van der Waals surface area (Å²) in [6.45, 7) is 3.96. The molecular formula is C63H47Cs2FN4O7. The molecule has 1 aromatic heterocycles. The molecule has 370 valence electrons. The molecule has 0 aliphatic rings. The number of benzene rings is 10. The van der Waals surface area contributed by atoms with E-state index in [1.54, 1.807) is 30.3 Å². The molecule has 1 heterocycles. The Balaban J connectivity index is 0.000000228. The average Bonchev–Trinajstić information content (AvgIpc) is 3.49. The maximum atomic E-state index is 15.3. The number of hydrogen-bond acceptors (Lipinski definition) is 8. The first-order chi connectivity index (χ1) is 36.5. The molecule has 0 saturated carbocycles. The van der Waals surface area contributed by atoms with Crippen molar-refractivity contribution in [1.82, 2.24) is 4.98 Å². The molecule has 0 atom stereocenters. The van der Waals surface area contributed by atoms with Crippen LogP contribution in [0.5, 0.6) is 0 Å². The summed E-state index contributed by atoms with van der Waals surface area (Å²) in [5.74, 6) is -0.852. The molecular weight excluding hydrogens is 1210 g/mol. The van der Waals surface area contributed by atoms with Gasteiger partial charge in [0.05, 0.1) is 15.4 Å². The summed E-state index contributed by atoms with van der Waals surface area (Å²) in [4.78, 5) is 37.4. The number of halogens is 1. The van der Waals surface area contributed by atoms with E-state index >= 15 is 4.39 Å². The molecule has 11 rings (SSSR count). The molecule has 11 nitrogen and oxygen atoms in total. The van der Waals surface area contributed by atoms with E-state index in [9.17, 15) is 20.2 Å². The Morgan fingerprint density at radius 2 is 0.883 bits per heavy atom. The van der Waals surface area contributed by atoms with Crippen molar-refractivity contribution >= 4 is 66.9 Å². The summed E-state index contributed by atoms with van der Waals surface area (Å²) >= 11 is 0. The molecule has 0 unspecified atom stereocenters. The van der Waals surface area contributed by atoms with Crippen LogP contribution in [0.3, 0.4) is 0 Å². The molecule has 3 N–H and O–H groups in total. The van der Waals surface area contributed by atoms with Crippen LogP contribution in [0.25, 0.3) is 99.0 Å². The van der Waals surface area contributed by atoms with E-state index in [2.05, 4.69) is 71.4 Å². The van der Waals surface area contributed by atoms with E-state index < -0.39 is 16.4 Å². The number of nitro groups is 2. The van der Waals surface area contributed by atoms with Crippen LogP contribution in [-0.4, -0.2) is 21.3 Å². The Morgan fingerprint density at radius 1 is 0.468 bits per heavy atom. The number of rotatable bonds is 8. The van der Waals surface area contributed by atoms with Crippen LogP contribution in [0.2, 0.25) is 0 Å². The Hall–Kier alpha value is -5.94. The molecule has 11 aromatic rings. The molecule has 0 spiro atoms. The quantitative estimate of drug-likeness (QED) is 0.0497. The predicted octanol–water partition coefficient (Wildman–Crippen LogP) is 9.48. The summed E-state index contributed by atoms with van der Waals surface area (Å²) in [6.07, 6.45) is 0. The number of hydrogen-bond donors (Lipinski definition) is 2. The fraction of sp³-hybridized carbons (Fsp3) is 0.0317. The van der Waals surface area contributed by atoms with E-state index in [4.69, 9.17) is 15.8 Å². The number of nitrogens with zero attached hydrogens (tertiary/aromatic N) is 2. The molecule has 10 aromatic carbocycles. The number of para-hydroxylation sites is 3. The van der Waals surface area contributed by atoms with Gasteiger partial charge in [0.25, 0.3) is 12.2 Å². The Bertz CT molecular complexity index is 4050. The van der Waals surface area contributed by atoms with Gasteiger partial charge in [-0.15, -0.1) is 0 Å². The van der Waals surface area contributed by atoms with Gasteiger partial charge < -0.3 is 22.3 Å². The number of non-ortho nitro benzene ring substituents is 1. The van der Waals surface area contributed by atoms with Crippen LogP contribution in [0, 0.1) is 39.9 Å². The van der Waals surface area contributed by atoms with Crippen LogP contribution in [0.1, 0.15) is 12.6 Å². The first-order valence-corrected chi connectivity index (χ1v) is 23.7. The third-order valence-electron chi connectivity index (χ3n) is 13.1. The number of nitro benzene ring substituents is 2. The first-order valence-electron chi connectivity index (χ1n) is 23.7. The summed E-state index contributed by atoms with van der Waals surface area (Å²) in [7, 11) is 0. The number of H-pyrrole nitrogens is 1. The molecule has 0 amide bonds. The van der Waals surface area contributed by atoms with Gasteiger partial charge in [0, 0.05) is 50.8 Å². The third-order valence-corrected chi connectivity index (χ3v) is 13.1. The van der Waals surface area contributed by atoms with Gasteiger partial charge in [-0.25, -0.2) is 0 Å². The van der Waals surface area contributed by atoms with Crippen molar-refractivity contribution in [2.45, 2.75) is 13.8 Å². The van der Waals surface area contributed by atoms with Gasteiger partial charge >= 0.3 is 143 Å². The monoisotopic (exact) mass is 1260 g/mol. The number of nitrogens with two attached hydrogens (primary N) is 1. The van der Waals surface area contributed by atoms with Crippen LogP contribution in [0.15, 0.2) is 218 Å². The number of nitrogen functional groups attached to an aromatic ring is 1. The summed E-state index contributed by atoms with van der Waals surface area (Å²) in [5.41, 5.74) is 18.6. The normalized spacial score (nSPS) is 10.4.